The van der Waals surface area contributed by atoms with Crippen LogP contribution in [0.15, 0.2) is 18.2 Å². The first-order valence-corrected chi connectivity index (χ1v) is 8.10. The first-order chi connectivity index (χ1) is 9.61. The molecule has 1 aromatic carbocycles. The van der Waals surface area contributed by atoms with E-state index in [0.717, 1.165) is 36.8 Å². The molecule has 1 aliphatic carbocycles. The van der Waals surface area contributed by atoms with E-state index in [9.17, 15) is 4.39 Å². The van der Waals surface area contributed by atoms with E-state index in [-0.39, 0.29) is 5.82 Å². The normalized spacial score (nSPS) is 24.0. The molecule has 112 valence electrons. The molecule has 0 spiro atoms. The second-order valence-corrected chi connectivity index (χ2v) is 6.41. The standard InChI is InChI=1S/C18H28FN/c1-4-10-20-18(17-7-5-6-14(17)3)12-15-11-16(19)9-8-13(15)2/h8-9,11,14,17-18,20H,4-7,10,12H2,1-3H3. The number of benzene rings is 1. The van der Waals surface area contributed by atoms with Crippen LogP contribution in [0.3, 0.4) is 0 Å². The molecule has 3 unspecified atom stereocenters. The first kappa shape index (κ1) is 15.5. The summed E-state index contributed by atoms with van der Waals surface area (Å²) in [5, 5.41) is 3.71. The largest absolute Gasteiger partial charge is 0.313 e. The molecular weight excluding hydrogens is 249 g/mol. The fraction of sp³-hybridized carbons (Fsp3) is 0.667. The Hall–Kier alpha value is -0.890. The second-order valence-electron chi connectivity index (χ2n) is 6.41. The van der Waals surface area contributed by atoms with E-state index in [2.05, 4.69) is 26.1 Å². The van der Waals surface area contributed by atoms with Gasteiger partial charge in [-0.2, -0.15) is 0 Å². The summed E-state index contributed by atoms with van der Waals surface area (Å²) in [6.07, 6.45) is 6.12. The lowest BCUT2D eigenvalue weighted by Crippen LogP contribution is -2.39. The number of nitrogens with one attached hydrogen (secondary N) is 1. The van der Waals surface area contributed by atoms with Crippen LogP contribution in [-0.4, -0.2) is 12.6 Å². The zero-order valence-electron chi connectivity index (χ0n) is 13.1. The lowest BCUT2D eigenvalue weighted by atomic mass is 9.85. The van der Waals surface area contributed by atoms with Crippen LogP contribution in [0, 0.1) is 24.6 Å². The summed E-state index contributed by atoms with van der Waals surface area (Å²) in [5.74, 6) is 1.42. The lowest BCUT2D eigenvalue weighted by molar-refractivity contribution is 0.295. The molecule has 0 amide bonds. The van der Waals surface area contributed by atoms with Gasteiger partial charge in [0.2, 0.25) is 0 Å². The third kappa shape index (κ3) is 3.82. The predicted molar refractivity (Wildman–Crippen MR) is 83.4 cm³/mol. The molecule has 0 saturated heterocycles. The van der Waals surface area contributed by atoms with Crippen LogP contribution in [0.1, 0.15) is 50.7 Å². The van der Waals surface area contributed by atoms with Crippen molar-refractivity contribution in [3.63, 3.8) is 0 Å². The average Bonchev–Trinajstić information content (AvgIpc) is 2.84. The van der Waals surface area contributed by atoms with Crippen LogP contribution in [0.25, 0.3) is 0 Å². The van der Waals surface area contributed by atoms with E-state index >= 15 is 0 Å². The minimum atomic E-state index is -0.112. The minimum Gasteiger partial charge on any atom is -0.313 e. The molecule has 0 bridgehead atoms. The van der Waals surface area contributed by atoms with E-state index in [4.69, 9.17) is 0 Å². The van der Waals surface area contributed by atoms with Gasteiger partial charge in [-0.25, -0.2) is 4.39 Å². The summed E-state index contributed by atoms with van der Waals surface area (Å²) in [4.78, 5) is 0. The Morgan fingerprint density at radius 1 is 1.35 bits per heavy atom. The summed E-state index contributed by atoms with van der Waals surface area (Å²) in [7, 11) is 0. The average molecular weight is 277 g/mol. The fourth-order valence-electron chi connectivity index (χ4n) is 3.57. The highest BCUT2D eigenvalue weighted by molar-refractivity contribution is 5.27. The third-order valence-corrected chi connectivity index (χ3v) is 4.85. The molecule has 1 aliphatic rings. The zero-order chi connectivity index (χ0) is 14.5. The number of aryl methyl sites for hydroxylation is 1. The summed E-state index contributed by atoms with van der Waals surface area (Å²) in [5.41, 5.74) is 2.37. The van der Waals surface area contributed by atoms with E-state index in [1.165, 1.54) is 24.8 Å². The van der Waals surface area contributed by atoms with E-state index < -0.39 is 0 Å². The number of hydrogen-bond acceptors (Lipinski definition) is 1. The molecule has 0 aromatic heterocycles. The van der Waals surface area contributed by atoms with Crippen molar-refractivity contribution in [2.24, 2.45) is 11.8 Å². The van der Waals surface area contributed by atoms with Gasteiger partial charge >= 0.3 is 0 Å². The molecule has 1 nitrogen and oxygen atoms in total. The maximum atomic E-state index is 13.5. The topological polar surface area (TPSA) is 12.0 Å². The third-order valence-electron chi connectivity index (χ3n) is 4.85. The zero-order valence-corrected chi connectivity index (χ0v) is 13.1. The Bertz CT molecular complexity index is 429. The fourth-order valence-corrected chi connectivity index (χ4v) is 3.57. The SMILES string of the molecule is CCCNC(Cc1cc(F)ccc1C)C1CCCC1C. The van der Waals surface area contributed by atoms with Crippen molar-refractivity contribution < 1.29 is 4.39 Å². The van der Waals surface area contributed by atoms with Gasteiger partial charge in [-0.05, 0) is 67.8 Å². The van der Waals surface area contributed by atoms with Crippen molar-refractivity contribution in [1.29, 1.82) is 0 Å². The van der Waals surface area contributed by atoms with Gasteiger partial charge in [0.05, 0.1) is 0 Å². The van der Waals surface area contributed by atoms with Crippen LogP contribution in [-0.2, 0) is 6.42 Å². The molecule has 0 heterocycles. The number of rotatable bonds is 6. The molecule has 3 atom stereocenters. The highest BCUT2D eigenvalue weighted by Crippen LogP contribution is 2.35. The Kier molecular flexibility index (Phi) is 5.59. The van der Waals surface area contributed by atoms with Crippen LogP contribution in [0.2, 0.25) is 0 Å². The Morgan fingerprint density at radius 2 is 2.15 bits per heavy atom. The van der Waals surface area contributed by atoms with E-state index in [1.807, 2.05) is 6.07 Å². The Labute approximate surface area is 123 Å². The van der Waals surface area contributed by atoms with Gasteiger partial charge in [-0.3, -0.25) is 0 Å². The minimum absolute atomic E-state index is 0.112. The predicted octanol–water partition coefficient (Wildman–Crippen LogP) is 4.48. The summed E-state index contributed by atoms with van der Waals surface area (Å²) in [6.45, 7) is 7.72. The van der Waals surface area contributed by atoms with Crippen LogP contribution in [0.5, 0.6) is 0 Å². The molecule has 1 aromatic rings. The van der Waals surface area contributed by atoms with Gasteiger partial charge < -0.3 is 5.32 Å². The molecule has 2 rings (SSSR count). The van der Waals surface area contributed by atoms with Crippen molar-refractivity contribution in [3.8, 4) is 0 Å². The van der Waals surface area contributed by atoms with Gasteiger partial charge in [0, 0.05) is 6.04 Å². The molecule has 2 heteroatoms. The van der Waals surface area contributed by atoms with Gasteiger partial charge in [-0.1, -0.05) is 32.8 Å². The summed E-state index contributed by atoms with van der Waals surface area (Å²) < 4.78 is 13.5. The summed E-state index contributed by atoms with van der Waals surface area (Å²) >= 11 is 0. The van der Waals surface area contributed by atoms with Crippen molar-refractivity contribution in [2.75, 3.05) is 6.54 Å². The van der Waals surface area contributed by atoms with E-state index in [0.29, 0.717) is 6.04 Å². The van der Waals surface area contributed by atoms with Gasteiger partial charge in [0.25, 0.3) is 0 Å². The molecule has 1 N–H and O–H groups in total. The Balaban J connectivity index is 2.12. The number of halogens is 1. The van der Waals surface area contributed by atoms with Crippen LogP contribution >= 0.6 is 0 Å². The molecule has 0 radical (unpaired) electrons. The Morgan fingerprint density at radius 3 is 2.80 bits per heavy atom. The summed E-state index contributed by atoms with van der Waals surface area (Å²) in [6, 6.07) is 5.67. The van der Waals surface area contributed by atoms with Crippen LogP contribution < -0.4 is 5.32 Å². The van der Waals surface area contributed by atoms with Gasteiger partial charge in [0.15, 0.2) is 0 Å². The number of hydrogen-bond donors (Lipinski definition) is 1. The lowest BCUT2D eigenvalue weighted by Gasteiger charge is -2.29. The maximum absolute atomic E-state index is 13.5. The highest BCUT2D eigenvalue weighted by Gasteiger charge is 2.30. The molecule has 1 saturated carbocycles. The maximum Gasteiger partial charge on any atom is 0.123 e. The first-order valence-electron chi connectivity index (χ1n) is 8.10. The molecule has 0 aliphatic heterocycles. The molecule has 20 heavy (non-hydrogen) atoms. The monoisotopic (exact) mass is 277 g/mol. The second kappa shape index (κ2) is 7.21. The van der Waals surface area contributed by atoms with Gasteiger partial charge in [-0.15, -0.1) is 0 Å². The molecular formula is C18H28FN. The molecule has 1 fully saturated rings. The van der Waals surface area contributed by atoms with Crippen molar-refractivity contribution in [1.82, 2.24) is 5.32 Å². The van der Waals surface area contributed by atoms with Gasteiger partial charge in [0.1, 0.15) is 5.82 Å². The smallest absolute Gasteiger partial charge is 0.123 e. The van der Waals surface area contributed by atoms with Crippen molar-refractivity contribution >= 4 is 0 Å². The van der Waals surface area contributed by atoms with Crippen molar-refractivity contribution in [2.45, 2.75) is 58.9 Å². The van der Waals surface area contributed by atoms with E-state index in [1.54, 1.807) is 12.1 Å². The van der Waals surface area contributed by atoms with Crippen molar-refractivity contribution in [3.05, 3.63) is 35.1 Å². The highest BCUT2D eigenvalue weighted by atomic mass is 19.1. The quantitative estimate of drug-likeness (QED) is 0.808. The van der Waals surface area contributed by atoms with Crippen LogP contribution in [0.4, 0.5) is 4.39 Å².